The van der Waals surface area contributed by atoms with Gasteiger partial charge in [0, 0.05) is 38.7 Å². The summed E-state index contributed by atoms with van der Waals surface area (Å²) in [6.45, 7) is 5.32. The van der Waals surface area contributed by atoms with Crippen molar-refractivity contribution in [2.45, 2.75) is 36.6 Å². The van der Waals surface area contributed by atoms with Crippen molar-refractivity contribution < 1.29 is 36.2 Å². The number of piperidine rings is 1. The van der Waals surface area contributed by atoms with Gasteiger partial charge >= 0.3 is 12.1 Å². The summed E-state index contributed by atoms with van der Waals surface area (Å²) in [5.41, 5.74) is 0. The summed E-state index contributed by atoms with van der Waals surface area (Å²) in [5.74, 6) is -2.50. The highest BCUT2D eigenvalue weighted by atomic mass is 32.2. The van der Waals surface area contributed by atoms with E-state index in [1.54, 1.807) is 35.7 Å². The van der Waals surface area contributed by atoms with Gasteiger partial charge in [0.05, 0.1) is 11.0 Å². The second kappa shape index (κ2) is 9.41. The van der Waals surface area contributed by atoms with Gasteiger partial charge in [0.1, 0.15) is 0 Å². The maximum absolute atomic E-state index is 13.0. The zero-order valence-corrected chi connectivity index (χ0v) is 17.0. The van der Waals surface area contributed by atoms with E-state index in [0.29, 0.717) is 11.4 Å². The Morgan fingerprint density at radius 1 is 1.24 bits per heavy atom. The van der Waals surface area contributed by atoms with Crippen molar-refractivity contribution in [2.75, 3.05) is 33.3 Å². The van der Waals surface area contributed by atoms with Gasteiger partial charge in [-0.1, -0.05) is 25.1 Å². The predicted octanol–water partition coefficient (Wildman–Crippen LogP) is 2.05. The van der Waals surface area contributed by atoms with Crippen LogP contribution in [-0.2, 0) is 19.6 Å². The van der Waals surface area contributed by atoms with Crippen molar-refractivity contribution in [3.05, 3.63) is 30.3 Å². The van der Waals surface area contributed by atoms with Crippen molar-refractivity contribution in [3.8, 4) is 0 Å². The number of carbonyl (C=O) groups is 1. The molecule has 0 aliphatic carbocycles. The molecule has 0 radical (unpaired) electrons. The summed E-state index contributed by atoms with van der Waals surface area (Å²) >= 11 is 0. The highest BCUT2D eigenvalue weighted by Gasteiger charge is 2.48. The van der Waals surface area contributed by atoms with Gasteiger partial charge in [0.2, 0.25) is 10.0 Å². The molecule has 0 saturated carbocycles. The second-order valence-corrected chi connectivity index (χ2v) is 8.77. The van der Waals surface area contributed by atoms with Crippen molar-refractivity contribution >= 4 is 16.0 Å². The Kier molecular flexibility index (Phi) is 7.66. The van der Waals surface area contributed by atoms with E-state index in [-0.39, 0.29) is 18.1 Å². The Morgan fingerprint density at radius 2 is 1.83 bits per heavy atom. The van der Waals surface area contributed by atoms with Crippen LogP contribution in [0.5, 0.6) is 0 Å². The molecule has 0 bridgehead atoms. The summed E-state index contributed by atoms with van der Waals surface area (Å²) in [4.78, 5) is 11.6. The molecule has 164 valence electrons. The largest absolute Gasteiger partial charge is 0.490 e. The molecule has 7 nitrogen and oxygen atoms in total. The molecule has 2 saturated heterocycles. The fourth-order valence-electron chi connectivity index (χ4n) is 3.78. The Hall–Kier alpha value is -1.69. The Labute approximate surface area is 168 Å². The van der Waals surface area contributed by atoms with Gasteiger partial charge in [-0.15, -0.1) is 0 Å². The molecular formula is C18H25F3N2O5S. The number of fused-ring (bicyclic) bond motifs is 1. The number of ether oxygens (including phenoxy) is 1. The van der Waals surface area contributed by atoms with E-state index < -0.39 is 22.2 Å². The number of likely N-dealkylation sites (tertiary alicyclic amines) is 1. The number of carboxylic acids is 1. The summed E-state index contributed by atoms with van der Waals surface area (Å²) in [6, 6.07) is 8.77. The van der Waals surface area contributed by atoms with E-state index in [0.717, 1.165) is 26.1 Å². The molecule has 2 aliphatic heterocycles. The zero-order valence-electron chi connectivity index (χ0n) is 16.2. The highest BCUT2D eigenvalue weighted by molar-refractivity contribution is 7.89. The topological polar surface area (TPSA) is 87.2 Å². The molecule has 1 N–H and O–H groups in total. The lowest BCUT2D eigenvalue weighted by atomic mass is 9.91. The lowest BCUT2D eigenvalue weighted by molar-refractivity contribution is -0.192. The SMILES string of the molecule is CCN1C[C@@H]2[C@@H](OC)CCN(S(=O)(=O)c3ccccc3)[C@@H]2C1.O=C(O)C(F)(F)F. The van der Waals surface area contributed by atoms with Crippen LogP contribution in [0, 0.1) is 5.92 Å². The molecule has 2 fully saturated rings. The number of likely N-dealkylation sites (N-methyl/N-ethyl adjacent to an activating group) is 1. The fraction of sp³-hybridized carbons (Fsp3) is 0.611. The molecule has 0 amide bonds. The van der Waals surface area contributed by atoms with Crippen LogP contribution in [0.1, 0.15) is 13.3 Å². The fourth-order valence-corrected chi connectivity index (χ4v) is 5.47. The molecule has 1 aromatic carbocycles. The second-order valence-electron chi connectivity index (χ2n) is 6.88. The van der Waals surface area contributed by atoms with Gasteiger partial charge in [-0.25, -0.2) is 13.2 Å². The van der Waals surface area contributed by atoms with E-state index >= 15 is 0 Å². The molecule has 2 aliphatic rings. The van der Waals surface area contributed by atoms with Crippen LogP contribution in [0.2, 0.25) is 0 Å². The molecule has 0 spiro atoms. The molecule has 0 unspecified atom stereocenters. The molecule has 0 aromatic heterocycles. The number of hydrogen-bond donors (Lipinski definition) is 1. The van der Waals surface area contributed by atoms with Gasteiger partial charge < -0.3 is 14.7 Å². The van der Waals surface area contributed by atoms with E-state index in [2.05, 4.69) is 11.8 Å². The molecule has 2 heterocycles. The van der Waals surface area contributed by atoms with Crippen LogP contribution in [0.4, 0.5) is 13.2 Å². The van der Waals surface area contributed by atoms with E-state index in [4.69, 9.17) is 14.6 Å². The van der Waals surface area contributed by atoms with E-state index in [1.165, 1.54) is 0 Å². The summed E-state index contributed by atoms with van der Waals surface area (Å²) in [7, 11) is -1.69. The van der Waals surface area contributed by atoms with E-state index in [1.807, 2.05) is 6.07 Å². The number of halogens is 3. The summed E-state index contributed by atoms with van der Waals surface area (Å²) < 4.78 is 65.0. The minimum atomic E-state index is -5.08. The van der Waals surface area contributed by atoms with Crippen LogP contribution >= 0.6 is 0 Å². The monoisotopic (exact) mass is 438 g/mol. The van der Waals surface area contributed by atoms with Crippen LogP contribution in [-0.4, -0.2) is 80.3 Å². The van der Waals surface area contributed by atoms with Crippen molar-refractivity contribution in [2.24, 2.45) is 5.92 Å². The summed E-state index contributed by atoms with van der Waals surface area (Å²) in [6.07, 6.45) is -4.16. The third-order valence-electron chi connectivity index (χ3n) is 5.23. The van der Waals surface area contributed by atoms with E-state index in [9.17, 15) is 21.6 Å². The molecule has 3 atom stereocenters. The molecule has 3 rings (SSSR count). The minimum Gasteiger partial charge on any atom is -0.475 e. The first-order chi connectivity index (χ1) is 13.5. The lowest BCUT2D eigenvalue weighted by Crippen LogP contribution is -2.53. The van der Waals surface area contributed by atoms with Crippen LogP contribution in [0.25, 0.3) is 0 Å². The van der Waals surface area contributed by atoms with Gasteiger partial charge in [-0.05, 0) is 25.1 Å². The first-order valence-electron chi connectivity index (χ1n) is 9.14. The number of nitrogens with zero attached hydrogens (tertiary/aromatic N) is 2. The average Bonchev–Trinajstić information content (AvgIpc) is 3.12. The van der Waals surface area contributed by atoms with Gasteiger partial charge in [0.25, 0.3) is 0 Å². The lowest BCUT2D eigenvalue weighted by Gasteiger charge is -2.40. The van der Waals surface area contributed by atoms with Crippen LogP contribution in [0.15, 0.2) is 35.2 Å². The zero-order chi connectivity index (χ0) is 21.8. The van der Waals surface area contributed by atoms with Crippen molar-refractivity contribution in [1.82, 2.24) is 9.21 Å². The van der Waals surface area contributed by atoms with Crippen molar-refractivity contribution in [1.29, 1.82) is 0 Å². The first kappa shape index (κ1) is 23.6. The van der Waals surface area contributed by atoms with Gasteiger partial charge in [-0.2, -0.15) is 17.5 Å². The standard InChI is InChI=1S/C16H24N2O3S.C2HF3O2/c1-3-17-11-14-15(12-17)18(10-9-16(14)21-2)22(19,20)13-7-5-4-6-8-13;3-2(4,5)1(6)7/h4-8,14-16H,3,9-12H2,1-2H3;(H,6,7)/t14-,15+,16-;/m0./s1. The predicted molar refractivity (Wildman–Crippen MR) is 98.8 cm³/mol. The molecular weight excluding hydrogens is 413 g/mol. The quantitative estimate of drug-likeness (QED) is 0.774. The summed E-state index contributed by atoms with van der Waals surface area (Å²) in [5, 5.41) is 7.12. The minimum absolute atomic E-state index is 0.0175. The van der Waals surface area contributed by atoms with Gasteiger partial charge in [0.15, 0.2) is 0 Å². The smallest absolute Gasteiger partial charge is 0.475 e. The number of sulfonamides is 1. The first-order valence-corrected chi connectivity index (χ1v) is 10.6. The Morgan fingerprint density at radius 3 is 2.31 bits per heavy atom. The average molecular weight is 438 g/mol. The number of benzene rings is 1. The maximum atomic E-state index is 13.0. The van der Waals surface area contributed by atoms with Crippen molar-refractivity contribution in [3.63, 3.8) is 0 Å². The van der Waals surface area contributed by atoms with Crippen LogP contribution < -0.4 is 0 Å². The van der Waals surface area contributed by atoms with Crippen LogP contribution in [0.3, 0.4) is 0 Å². The number of hydrogen-bond acceptors (Lipinski definition) is 5. The normalized spacial score (nSPS) is 25.8. The third kappa shape index (κ3) is 5.47. The molecule has 1 aromatic rings. The number of rotatable bonds is 4. The Bertz CT molecular complexity index is 788. The highest BCUT2D eigenvalue weighted by Crippen LogP contribution is 2.35. The Balaban J connectivity index is 0.000000370. The third-order valence-corrected chi connectivity index (χ3v) is 7.17. The van der Waals surface area contributed by atoms with Gasteiger partial charge in [-0.3, -0.25) is 0 Å². The number of alkyl halides is 3. The molecule has 29 heavy (non-hydrogen) atoms. The number of aliphatic carboxylic acids is 1. The molecule has 11 heteroatoms. The number of methoxy groups -OCH3 is 1. The maximum Gasteiger partial charge on any atom is 0.490 e. The number of carboxylic acid groups (broad SMARTS) is 1.